The molecule has 70 valence electrons. The third-order valence-electron chi connectivity index (χ3n) is 2.84. The molecule has 6 heteroatoms. The van der Waals surface area contributed by atoms with Crippen LogP contribution < -0.4 is 17.2 Å². The molecule has 0 aromatic heterocycles. The third-order valence-corrected chi connectivity index (χ3v) is 4.69. The standard InChI is InChI=1S/C6H14N3OPS/c7-1-2-6(9)3(4(6)11)5(8)12-10-2/h2-5H,1,7-9,11H2. The molecule has 1 aliphatic carbocycles. The zero-order valence-electron chi connectivity index (χ0n) is 6.64. The van der Waals surface area contributed by atoms with Crippen molar-refractivity contribution in [1.29, 1.82) is 0 Å². The minimum absolute atomic E-state index is 0.000278. The van der Waals surface area contributed by atoms with Gasteiger partial charge in [-0.05, 0) is 0 Å². The summed E-state index contributed by atoms with van der Waals surface area (Å²) in [6, 6.07) is 0. The smallest absolute Gasteiger partial charge is 0.103 e. The van der Waals surface area contributed by atoms with Gasteiger partial charge in [-0.25, -0.2) is 0 Å². The summed E-state index contributed by atoms with van der Waals surface area (Å²) in [5.41, 5.74) is 17.6. The Morgan fingerprint density at radius 1 is 1.58 bits per heavy atom. The molecule has 0 amide bonds. The van der Waals surface area contributed by atoms with E-state index in [0.29, 0.717) is 18.1 Å². The molecule has 6 N–H and O–H groups in total. The number of rotatable bonds is 1. The molecule has 2 fully saturated rings. The first-order chi connectivity index (χ1) is 5.62. The first kappa shape index (κ1) is 9.19. The topological polar surface area (TPSA) is 87.3 Å². The van der Waals surface area contributed by atoms with Crippen molar-refractivity contribution in [2.45, 2.75) is 22.7 Å². The molecule has 4 nitrogen and oxygen atoms in total. The van der Waals surface area contributed by atoms with Crippen molar-refractivity contribution in [3.63, 3.8) is 0 Å². The van der Waals surface area contributed by atoms with Crippen LogP contribution in [0.5, 0.6) is 0 Å². The van der Waals surface area contributed by atoms with Crippen molar-refractivity contribution in [3.05, 3.63) is 0 Å². The van der Waals surface area contributed by atoms with Crippen LogP contribution in [-0.4, -0.2) is 29.2 Å². The maximum Gasteiger partial charge on any atom is 0.103 e. The summed E-state index contributed by atoms with van der Waals surface area (Å²) in [6.45, 7) is 0.470. The van der Waals surface area contributed by atoms with Crippen LogP contribution >= 0.6 is 21.3 Å². The highest BCUT2D eigenvalue weighted by Gasteiger charge is 2.69. The van der Waals surface area contributed by atoms with E-state index < -0.39 is 0 Å². The molecule has 6 atom stereocenters. The van der Waals surface area contributed by atoms with E-state index in [4.69, 9.17) is 21.4 Å². The number of hydrogen-bond donors (Lipinski definition) is 3. The van der Waals surface area contributed by atoms with Gasteiger partial charge >= 0.3 is 0 Å². The van der Waals surface area contributed by atoms with Crippen LogP contribution in [0.3, 0.4) is 0 Å². The van der Waals surface area contributed by atoms with Crippen molar-refractivity contribution < 1.29 is 4.18 Å². The fourth-order valence-electron chi connectivity index (χ4n) is 1.92. The van der Waals surface area contributed by atoms with Crippen molar-refractivity contribution in [3.8, 4) is 0 Å². The van der Waals surface area contributed by atoms with Crippen molar-refractivity contribution >= 4 is 21.3 Å². The van der Waals surface area contributed by atoms with Gasteiger partial charge in [0.15, 0.2) is 0 Å². The van der Waals surface area contributed by atoms with Gasteiger partial charge in [0.25, 0.3) is 0 Å². The van der Waals surface area contributed by atoms with Gasteiger partial charge in [-0.15, -0.1) is 9.24 Å². The van der Waals surface area contributed by atoms with Gasteiger partial charge in [0.2, 0.25) is 0 Å². The van der Waals surface area contributed by atoms with Gasteiger partial charge in [-0.1, -0.05) is 0 Å². The average molecular weight is 207 g/mol. The predicted octanol–water partition coefficient (Wildman–Crippen LogP) is -1.15. The van der Waals surface area contributed by atoms with Gasteiger partial charge in [0.1, 0.15) is 6.10 Å². The molecule has 0 bridgehead atoms. The molecule has 0 radical (unpaired) electrons. The molecular formula is C6H14N3OPS. The molecule has 1 aliphatic heterocycles. The highest BCUT2D eigenvalue weighted by Crippen LogP contribution is 2.57. The highest BCUT2D eigenvalue weighted by molar-refractivity contribution is 7.95. The number of nitrogens with two attached hydrogens (primary N) is 3. The highest BCUT2D eigenvalue weighted by atomic mass is 32.2. The van der Waals surface area contributed by atoms with Crippen LogP contribution in [0.1, 0.15) is 0 Å². The normalized spacial score (nSPS) is 58.0. The molecular weight excluding hydrogens is 193 g/mol. The lowest BCUT2D eigenvalue weighted by atomic mass is 10.1. The molecule has 1 heterocycles. The summed E-state index contributed by atoms with van der Waals surface area (Å²) >= 11 is 1.31. The van der Waals surface area contributed by atoms with E-state index in [1.165, 1.54) is 12.0 Å². The second-order valence-corrected chi connectivity index (χ2v) is 5.08. The molecule has 0 aromatic rings. The van der Waals surface area contributed by atoms with Gasteiger partial charge in [0.05, 0.1) is 10.9 Å². The van der Waals surface area contributed by atoms with E-state index in [0.717, 1.165) is 0 Å². The van der Waals surface area contributed by atoms with Crippen LogP contribution in [0.2, 0.25) is 0 Å². The monoisotopic (exact) mass is 207 g/mol. The molecule has 0 spiro atoms. The van der Waals surface area contributed by atoms with Crippen molar-refractivity contribution in [2.75, 3.05) is 6.54 Å². The second-order valence-electron chi connectivity index (χ2n) is 3.43. The summed E-state index contributed by atoms with van der Waals surface area (Å²) in [5, 5.41) is 0.000278. The molecule has 1 saturated carbocycles. The quantitative estimate of drug-likeness (QED) is 0.373. The Balaban J connectivity index is 2.16. The predicted molar refractivity (Wildman–Crippen MR) is 53.4 cm³/mol. The summed E-state index contributed by atoms with van der Waals surface area (Å²) < 4.78 is 5.40. The lowest BCUT2D eigenvalue weighted by Crippen LogP contribution is -2.51. The van der Waals surface area contributed by atoms with Crippen LogP contribution in [0, 0.1) is 5.92 Å². The Kier molecular flexibility index (Phi) is 2.15. The minimum atomic E-state index is -0.288. The average Bonchev–Trinajstić information content (AvgIpc) is 2.57. The van der Waals surface area contributed by atoms with Crippen LogP contribution in [0.25, 0.3) is 0 Å². The van der Waals surface area contributed by atoms with Crippen LogP contribution in [0.15, 0.2) is 0 Å². The molecule has 12 heavy (non-hydrogen) atoms. The maximum absolute atomic E-state index is 6.12. The second kappa shape index (κ2) is 2.80. The third kappa shape index (κ3) is 0.983. The largest absolute Gasteiger partial charge is 0.328 e. The molecule has 2 aliphatic rings. The Hall–Kier alpha value is 0.620. The fourth-order valence-corrected chi connectivity index (χ4v) is 4.01. The Morgan fingerprint density at radius 2 is 2.25 bits per heavy atom. The Labute approximate surface area is 78.3 Å². The van der Waals surface area contributed by atoms with E-state index in [2.05, 4.69) is 9.24 Å². The van der Waals surface area contributed by atoms with E-state index in [-0.39, 0.29) is 17.0 Å². The maximum atomic E-state index is 6.12. The van der Waals surface area contributed by atoms with Gasteiger partial charge in [0, 0.05) is 30.2 Å². The number of hydrogen-bond acceptors (Lipinski definition) is 5. The van der Waals surface area contributed by atoms with E-state index in [1.54, 1.807) is 0 Å². The fraction of sp³-hybridized carbons (Fsp3) is 1.00. The Bertz CT molecular complexity index is 203. The zero-order chi connectivity index (χ0) is 8.93. The van der Waals surface area contributed by atoms with E-state index >= 15 is 0 Å². The van der Waals surface area contributed by atoms with Gasteiger partial charge < -0.3 is 21.4 Å². The lowest BCUT2D eigenvalue weighted by molar-refractivity contribution is 0.175. The molecule has 0 aromatic carbocycles. The van der Waals surface area contributed by atoms with E-state index in [9.17, 15) is 0 Å². The first-order valence-corrected chi connectivity index (χ1v) is 5.41. The summed E-state index contributed by atoms with van der Waals surface area (Å²) in [7, 11) is 2.73. The molecule has 2 rings (SSSR count). The number of fused-ring (bicyclic) bond motifs is 1. The lowest BCUT2D eigenvalue weighted by Gasteiger charge is -2.29. The summed E-state index contributed by atoms with van der Waals surface area (Å²) in [6.07, 6.45) is -0.0465. The van der Waals surface area contributed by atoms with Gasteiger partial charge in [-0.2, -0.15) is 0 Å². The SMILES string of the molecule is NCC1OSC(N)C2C(P)C12N. The Morgan fingerprint density at radius 3 is 2.83 bits per heavy atom. The minimum Gasteiger partial charge on any atom is -0.328 e. The molecule has 6 unspecified atom stereocenters. The molecule has 1 saturated heterocycles. The van der Waals surface area contributed by atoms with Crippen molar-refractivity contribution in [2.24, 2.45) is 23.1 Å². The summed E-state index contributed by atoms with van der Waals surface area (Å²) in [4.78, 5) is 0. The van der Waals surface area contributed by atoms with E-state index in [1.807, 2.05) is 0 Å². The van der Waals surface area contributed by atoms with Gasteiger partial charge in [-0.3, -0.25) is 0 Å². The summed E-state index contributed by atoms with van der Waals surface area (Å²) in [5.74, 6) is 0.342. The zero-order valence-corrected chi connectivity index (χ0v) is 8.61. The first-order valence-electron chi connectivity index (χ1n) is 3.94. The van der Waals surface area contributed by atoms with Crippen LogP contribution in [-0.2, 0) is 4.18 Å². The van der Waals surface area contributed by atoms with Crippen LogP contribution in [0.4, 0.5) is 0 Å². The van der Waals surface area contributed by atoms with Crippen molar-refractivity contribution in [1.82, 2.24) is 0 Å².